The van der Waals surface area contributed by atoms with Crippen LogP contribution in [0.1, 0.15) is 33.3 Å². The molecule has 0 unspecified atom stereocenters. The quantitative estimate of drug-likeness (QED) is 0.864. The maximum Gasteiger partial charge on any atom is 0.298 e. The van der Waals surface area contributed by atoms with Crippen LogP contribution in [0.5, 0.6) is 0 Å². The predicted molar refractivity (Wildman–Crippen MR) is 72.3 cm³/mol. The highest BCUT2D eigenvalue weighted by atomic mass is 19.1. The first-order valence-corrected chi connectivity index (χ1v) is 6.33. The summed E-state index contributed by atoms with van der Waals surface area (Å²) in [4.78, 5) is 10.8. The standard InChI is InChI=1S/C15H18FNO3/c1-14(2)12(10-5-7-11(16)8-6-10)13(20-9-18)15(3,4)17(14)19/h5-9,19H,1-4H3. The fraction of sp³-hybridized carbons (Fsp3) is 0.400. The van der Waals surface area contributed by atoms with E-state index in [-0.39, 0.29) is 5.82 Å². The molecule has 1 aromatic carbocycles. The van der Waals surface area contributed by atoms with Crippen LogP contribution in [0, 0.1) is 5.82 Å². The van der Waals surface area contributed by atoms with Crippen molar-refractivity contribution < 1.29 is 19.1 Å². The van der Waals surface area contributed by atoms with Crippen molar-refractivity contribution in [3.8, 4) is 0 Å². The summed E-state index contributed by atoms with van der Waals surface area (Å²) >= 11 is 0. The van der Waals surface area contributed by atoms with Crippen LogP contribution in [0.3, 0.4) is 0 Å². The minimum Gasteiger partial charge on any atom is -0.431 e. The van der Waals surface area contributed by atoms with Crippen LogP contribution in [0.15, 0.2) is 30.0 Å². The van der Waals surface area contributed by atoms with Gasteiger partial charge in [-0.05, 0) is 45.4 Å². The maximum absolute atomic E-state index is 13.1. The lowest BCUT2D eigenvalue weighted by Crippen LogP contribution is -2.48. The van der Waals surface area contributed by atoms with Crippen molar-refractivity contribution in [2.45, 2.75) is 38.8 Å². The largest absolute Gasteiger partial charge is 0.431 e. The molecule has 0 spiro atoms. The molecule has 0 saturated carbocycles. The van der Waals surface area contributed by atoms with Crippen LogP contribution in [0.4, 0.5) is 4.39 Å². The van der Waals surface area contributed by atoms with E-state index in [1.807, 2.05) is 13.8 Å². The van der Waals surface area contributed by atoms with Crippen molar-refractivity contribution in [2.75, 3.05) is 0 Å². The molecule has 1 N–H and O–H groups in total. The van der Waals surface area contributed by atoms with Crippen molar-refractivity contribution in [1.82, 2.24) is 5.06 Å². The van der Waals surface area contributed by atoms with Gasteiger partial charge in [0.25, 0.3) is 6.47 Å². The third-order valence-electron chi connectivity index (χ3n) is 3.75. The molecule has 0 aliphatic carbocycles. The molecule has 2 rings (SSSR count). The van der Waals surface area contributed by atoms with E-state index in [2.05, 4.69) is 0 Å². The minimum atomic E-state index is -0.853. The monoisotopic (exact) mass is 279 g/mol. The fourth-order valence-electron chi connectivity index (χ4n) is 2.84. The maximum atomic E-state index is 13.1. The summed E-state index contributed by atoms with van der Waals surface area (Å²) in [5, 5.41) is 11.5. The predicted octanol–water partition coefficient (Wildman–Crippen LogP) is 2.97. The Morgan fingerprint density at radius 1 is 1.15 bits per heavy atom. The van der Waals surface area contributed by atoms with Crippen LogP contribution in [0.25, 0.3) is 5.57 Å². The zero-order valence-electron chi connectivity index (χ0n) is 12.0. The van der Waals surface area contributed by atoms with Crippen LogP contribution in [-0.2, 0) is 9.53 Å². The zero-order valence-corrected chi connectivity index (χ0v) is 12.0. The van der Waals surface area contributed by atoms with Crippen molar-refractivity contribution in [2.24, 2.45) is 0 Å². The van der Waals surface area contributed by atoms with Gasteiger partial charge in [-0.1, -0.05) is 12.1 Å². The lowest BCUT2D eigenvalue weighted by Gasteiger charge is -2.35. The molecule has 0 amide bonds. The molecule has 108 valence electrons. The molecule has 0 radical (unpaired) electrons. The summed E-state index contributed by atoms with van der Waals surface area (Å²) < 4.78 is 18.2. The third kappa shape index (κ3) is 2.03. The van der Waals surface area contributed by atoms with Crippen molar-refractivity contribution in [1.29, 1.82) is 0 Å². The first-order chi connectivity index (χ1) is 9.22. The van der Waals surface area contributed by atoms with Gasteiger partial charge in [-0.25, -0.2) is 4.39 Å². The Bertz CT molecular complexity index is 561. The highest BCUT2D eigenvalue weighted by Crippen LogP contribution is 2.48. The van der Waals surface area contributed by atoms with Gasteiger partial charge in [0, 0.05) is 5.57 Å². The van der Waals surface area contributed by atoms with Gasteiger partial charge in [0.15, 0.2) is 0 Å². The number of halogens is 1. The Balaban J connectivity index is 2.67. The molecule has 1 heterocycles. The van der Waals surface area contributed by atoms with Gasteiger partial charge in [-0.2, -0.15) is 5.06 Å². The van der Waals surface area contributed by atoms with E-state index < -0.39 is 11.1 Å². The van der Waals surface area contributed by atoms with Crippen LogP contribution < -0.4 is 0 Å². The molecule has 0 fully saturated rings. The van der Waals surface area contributed by atoms with Gasteiger partial charge in [0.2, 0.25) is 0 Å². The summed E-state index contributed by atoms with van der Waals surface area (Å²) in [6.45, 7) is 7.48. The molecule has 0 aromatic heterocycles. The Kier molecular flexibility index (Phi) is 3.44. The second-order valence-electron chi connectivity index (χ2n) is 5.85. The van der Waals surface area contributed by atoms with E-state index in [9.17, 15) is 14.4 Å². The van der Waals surface area contributed by atoms with Gasteiger partial charge < -0.3 is 9.94 Å². The van der Waals surface area contributed by atoms with E-state index >= 15 is 0 Å². The number of hydroxylamine groups is 2. The van der Waals surface area contributed by atoms with Gasteiger partial charge in [0.1, 0.15) is 11.6 Å². The van der Waals surface area contributed by atoms with E-state index in [0.29, 0.717) is 23.4 Å². The second-order valence-corrected chi connectivity index (χ2v) is 5.85. The summed E-state index contributed by atoms with van der Waals surface area (Å²) in [5.74, 6) is 0.0229. The van der Waals surface area contributed by atoms with E-state index in [0.717, 1.165) is 5.06 Å². The summed E-state index contributed by atoms with van der Waals surface area (Å²) in [5.41, 5.74) is -0.247. The van der Waals surface area contributed by atoms with E-state index in [1.165, 1.54) is 12.1 Å². The highest BCUT2D eigenvalue weighted by Gasteiger charge is 2.52. The van der Waals surface area contributed by atoms with Crippen LogP contribution in [-0.4, -0.2) is 27.8 Å². The first-order valence-electron chi connectivity index (χ1n) is 6.33. The summed E-state index contributed by atoms with van der Waals surface area (Å²) in [6, 6.07) is 5.89. The molecular weight excluding hydrogens is 261 g/mol. The Morgan fingerprint density at radius 3 is 2.20 bits per heavy atom. The average molecular weight is 279 g/mol. The summed E-state index contributed by atoms with van der Waals surface area (Å²) in [7, 11) is 0. The molecule has 4 nitrogen and oxygen atoms in total. The molecule has 1 aliphatic rings. The second kappa shape index (κ2) is 4.68. The third-order valence-corrected chi connectivity index (χ3v) is 3.75. The SMILES string of the molecule is CC1(C)C(OC=O)=C(c2ccc(F)cc2)C(C)(C)N1O. The van der Waals surface area contributed by atoms with E-state index in [1.54, 1.807) is 26.0 Å². The van der Waals surface area contributed by atoms with E-state index in [4.69, 9.17) is 4.74 Å². The number of ether oxygens (including phenoxy) is 1. The normalized spacial score (nSPS) is 21.1. The first kappa shape index (κ1) is 14.7. The van der Waals surface area contributed by atoms with Crippen molar-refractivity contribution >= 4 is 12.0 Å². The average Bonchev–Trinajstić information content (AvgIpc) is 2.50. The lowest BCUT2D eigenvalue weighted by atomic mass is 9.89. The Hall–Kier alpha value is -1.72. The lowest BCUT2D eigenvalue weighted by molar-refractivity contribution is -0.190. The molecule has 0 atom stereocenters. The smallest absolute Gasteiger partial charge is 0.298 e. The highest BCUT2D eigenvalue weighted by molar-refractivity contribution is 5.79. The van der Waals surface area contributed by atoms with Crippen LogP contribution >= 0.6 is 0 Å². The van der Waals surface area contributed by atoms with Gasteiger partial charge in [-0.15, -0.1) is 0 Å². The zero-order chi connectivity index (χ0) is 15.1. The molecule has 20 heavy (non-hydrogen) atoms. The number of hydrogen-bond donors (Lipinski definition) is 1. The molecule has 0 bridgehead atoms. The number of hydrogen-bond acceptors (Lipinski definition) is 4. The minimum absolute atomic E-state index is 0.343. The number of carbonyl (C=O) groups excluding carboxylic acids is 1. The Labute approximate surface area is 117 Å². The topological polar surface area (TPSA) is 49.8 Å². The Morgan fingerprint density at radius 2 is 1.70 bits per heavy atom. The van der Waals surface area contributed by atoms with Gasteiger partial charge in [-0.3, -0.25) is 4.79 Å². The molecule has 1 aromatic rings. The van der Waals surface area contributed by atoms with Crippen molar-refractivity contribution in [3.05, 3.63) is 41.4 Å². The molecule has 0 saturated heterocycles. The molecule has 5 heteroatoms. The van der Waals surface area contributed by atoms with Gasteiger partial charge in [0.05, 0.1) is 11.1 Å². The number of rotatable bonds is 3. The fourth-order valence-corrected chi connectivity index (χ4v) is 2.84. The number of benzene rings is 1. The van der Waals surface area contributed by atoms with Crippen molar-refractivity contribution in [3.63, 3.8) is 0 Å². The molecular formula is C15H18FNO3. The summed E-state index contributed by atoms with van der Waals surface area (Å²) in [6.07, 6.45) is 0. The molecule has 1 aliphatic heterocycles. The van der Waals surface area contributed by atoms with Crippen LogP contribution in [0.2, 0.25) is 0 Å². The van der Waals surface area contributed by atoms with Gasteiger partial charge >= 0.3 is 0 Å². The number of nitrogens with zero attached hydrogens (tertiary/aromatic N) is 1. The number of carbonyl (C=O) groups is 1.